The highest BCUT2D eigenvalue weighted by molar-refractivity contribution is 7.21. The van der Waals surface area contributed by atoms with Gasteiger partial charge in [-0.15, -0.1) is 11.3 Å². The van der Waals surface area contributed by atoms with E-state index in [2.05, 4.69) is 5.32 Å². The monoisotopic (exact) mass is 369 g/mol. The summed E-state index contributed by atoms with van der Waals surface area (Å²) in [4.78, 5) is 12.9. The molecule has 0 fully saturated rings. The Morgan fingerprint density at radius 1 is 1.14 bits per heavy atom. The number of halogens is 3. The lowest BCUT2D eigenvalue weighted by Crippen LogP contribution is -2.10. The van der Waals surface area contributed by atoms with Crippen molar-refractivity contribution in [3.05, 3.63) is 61.9 Å². The first-order valence-electron chi connectivity index (χ1n) is 6.41. The fourth-order valence-corrected chi connectivity index (χ4v) is 4.44. The van der Waals surface area contributed by atoms with Crippen LogP contribution >= 0.6 is 46.1 Å². The third kappa shape index (κ3) is 2.95. The predicted molar refractivity (Wildman–Crippen MR) is 96.0 cm³/mol. The molecule has 6 heteroatoms. The number of hydrogen-bond donors (Lipinski definition) is 1. The van der Waals surface area contributed by atoms with Crippen LogP contribution < -0.4 is 5.32 Å². The molecular weight excluding hydrogens is 361 g/mol. The van der Waals surface area contributed by atoms with Crippen LogP contribution in [-0.2, 0) is 0 Å². The molecule has 0 aliphatic carbocycles. The molecule has 0 radical (unpaired) electrons. The average Bonchev–Trinajstić information content (AvgIpc) is 2.76. The molecule has 0 bridgehead atoms. The lowest BCUT2D eigenvalue weighted by atomic mass is 10.2. The van der Waals surface area contributed by atoms with Gasteiger partial charge in [0.1, 0.15) is 4.88 Å². The molecule has 1 heterocycles. The maximum Gasteiger partial charge on any atom is 0.267 e. The number of amides is 1. The molecule has 3 aromatic rings. The van der Waals surface area contributed by atoms with E-state index >= 15 is 0 Å². The summed E-state index contributed by atoms with van der Waals surface area (Å²) in [6, 6.07) is 10.9. The van der Waals surface area contributed by atoms with Gasteiger partial charge in [-0.3, -0.25) is 4.79 Å². The van der Waals surface area contributed by atoms with E-state index in [0.717, 1.165) is 16.0 Å². The van der Waals surface area contributed by atoms with Crippen molar-refractivity contribution in [1.29, 1.82) is 0 Å². The molecule has 1 aromatic heterocycles. The van der Waals surface area contributed by atoms with Crippen molar-refractivity contribution in [2.75, 3.05) is 5.32 Å². The van der Waals surface area contributed by atoms with Crippen molar-refractivity contribution in [1.82, 2.24) is 0 Å². The minimum atomic E-state index is -0.260. The predicted octanol–water partition coefficient (Wildman–Crippen LogP) is 6.42. The Morgan fingerprint density at radius 2 is 1.91 bits per heavy atom. The maximum atomic E-state index is 12.5. The molecule has 0 unspecified atom stereocenters. The van der Waals surface area contributed by atoms with Gasteiger partial charge in [-0.1, -0.05) is 46.9 Å². The Labute approximate surface area is 146 Å². The molecule has 0 spiro atoms. The van der Waals surface area contributed by atoms with Crippen LogP contribution in [0.15, 0.2) is 36.4 Å². The summed E-state index contributed by atoms with van der Waals surface area (Å²) in [6.07, 6.45) is 0. The molecule has 0 aliphatic rings. The second-order valence-corrected chi connectivity index (χ2v) is 7.10. The molecule has 0 saturated carbocycles. The smallest absolute Gasteiger partial charge is 0.267 e. The van der Waals surface area contributed by atoms with Crippen LogP contribution in [0.25, 0.3) is 10.1 Å². The Morgan fingerprint density at radius 3 is 2.64 bits per heavy atom. The number of carbonyl (C=O) groups is 1. The third-order valence-electron chi connectivity index (χ3n) is 3.13. The van der Waals surface area contributed by atoms with Gasteiger partial charge in [-0.2, -0.15) is 0 Å². The summed E-state index contributed by atoms with van der Waals surface area (Å²) in [6.45, 7) is 1.96. The van der Waals surface area contributed by atoms with Crippen molar-refractivity contribution < 1.29 is 4.79 Å². The standard InChI is InChI=1S/C16H10Cl3NOS/c1-8-3-2-4-10(5-8)20-16(21)15-14(19)13-11(18)6-9(17)7-12(13)22-15/h2-7H,1H3,(H,20,21). The van der Waals surface area contributed by atoms with Gasteiger partial charge in [0.25, 0.3) is 5.91 Å². The number of aryl methyl sites for hydroxylation is 1. The fourth-order valence-electron chi connectivity index (χ4n) is 2.17. The minimum Gasteiger partial charge on any atom is -0.321 e. The molecule has 112 valence electrons. The summed E-state index contributed by atoms with van der Waals surface area (Å²) < 4.78 is 0.789. The maximum absolute atomic E-state index is 12.5. The van der Waals surface area contributed by atoms with Gasteiger partial charge in [-0.05, 0) is 36.8 Å². The SMILES string of the molecule is Cc1cccc(NC(=O)c2sc3cc(Cl)cc(Cl)c3c2Cl)c1. The number of thiophene rings is 1. The van der Waals surface area contributed by atoms with Gasteiger partial charge in [-0.25, -0.2) is 0 Å². The quantitative estimate of drug-likeness (QED) is 0.554. The van der Waals surface area contributed by atoms with Crippen molar-refractivity contribution in [3.63, 3.8) is 0 Å². The molecule has 0 saturated heterocycles. The van der Waals surface area contributed by atoms with Crippen LogP contribution in [0, 0.1) is 6.92 Å². The first-order valence-corrected chi connectivity index (χ1v) is 8.36. The number of rotatable bonds is 2. The molecule has 22 heavy (non-hydrogen) atoms. The van der Waals surface area contributed by atoms with E-state index in [1.165, 1.54) is 11.3 Å². The van der Waals surface area contributed by atoms with E-state index in [4.69, 9.17) is 34.8 Å². The summed E-state index contributed by atoms with van der Waals surface area (Å²) in [7, 11) is 0. The van der Waals surface area contributed by atoms with E-state index in [1.54, 1.807) is 12.1 Å². The van der Waals surface area contributed by atoms with E-state index in [1.807, 2.05) is 31.2 Å². The highest BCUT2D eigenvalue weighted by atomic mass is 35.5. The number of nitrogens with one attached hydrogen (secondary N) is 1. The second-order valence-electron chi connectivity index (χ2n) is 4.83. The highest BCUT2D eigenvalue weighted by Crippen LogP contribution is 2.41. The molecule has 1 amide bonds. The largest absolute Gasteiger partial charge is 0.321 e. The van der Waals surface area contributed by atoms with Crippen LogP contribution in [0.3, 0.4) is 0 Å². The van der Waals surface area contributed by atoms with Crippen LogP contribution in [-0.4, -0.2) is 5.91 Å². The van der Waals surface area contributed by atoms with Gasteiger partial charge in [0.15, 0.2) is 0 Å². The average molecular weight is 371 g/mol. The molecule has 0 aliphatic heterocycles. The lowest BCUT2D eigenvalue weighted by Gasteiger charge is -2.04. The number of benzene rings is 2. The van der Waals surface area contributed by atoms with Gasteiger partial charge in [0, 0.05) is 20.8 Å². The van der Waals surface area contributed by atoms with E-state index in [0.29, 0.717) is 25.3 Å². The molecule has 2 nitrogen and oxygen atoms in total. The first-order chi connectivity index (χ1) is 10.5. The molecule has 1 N–H and O–H groups in total. The van der Waals surface area contributed by atoms with Crippen LogP contribution in [0.5, 0.6) is 0 Å². The lowest BCUT2D eigenvalue weighted by molar-refractivity contribution is 0.103. The number of fused-ring (bicyclic) bond motifs is 1. The summed E-state index contributed by atoms with van der Waals surface area (Å²) in [5.41, 5.74) is 1.79. The van der Waals surface area contributed by atoms with E-state index in [9.17, 15) is 4.79 Å². The van der Waals surface area contributed by atoms with Gasteiger partial charge in [0.2, 0.25) is 0 Å². The van der Waals surface area contributed by atoms with E-state index in [-0.39, 0.29) is 5.91 Å². The molecule has 0 atom stereocenters. The zero-order chi connectivity index (χ0) is 15.9. The topological polar surface area (TPSA) is 29.1 Å². The fraction of sp³-hybridized carbons (Fsp3) is 0.0625. The molecule has 2 aromatic carbocycles. The Hall–Kier alpha value is -1.26. The third-order valence-corrected chi connectivity index (χ3v) is 5.27. The Kier molecular flexibility index (Phi) is 4.33. The first kappa shape index (κ1) is 15.6. The summed E-state index contributed by atoms with van der Waals surface area (Å²) in [5.74, 6) is -0.260. The Balaban J connectivity index is 2.01. The summed E-state index contributed by atoms with van der Waals surface area (Å²) in [5, 5.41) is 4.82. The normalized spacial score (nSPS) is 10.9. The van der Waals surface area contributed by atoms with Crippen LogP contribution in [0.2, 0.25) is 15.1 Å². The second kappa shape index (κ2) is 6.09. The zero-order valence-electron chi connectivity index (χ0n) is 11.4. The van der Waals surface area contributed by atoms with Gasteiger partial charge < -0.3 is 5.32 Å². The van der Waals surface area contributed by atoms with Crippen molar-refractivity contribution >= 4 is 67.8 Å². The molecule has 3 rings (SSSR count). The number of carbonyl (C=O) groups excluding carboxylic acids is 1. The van der Waals surface area contributed by atoms with Crippen molar-refractivity contribution in [2.45, 2.75) is 6.92 Å². The molecular formula is C16H10Cl3NOS. The van der Waals surface area contributed by atoms with Crippen LogP contribution in [0.4, 0.5) is 5.69 Å². The van der Waals surface area contributed by atoms with E-state index < -0.39 is 0 Å². The van der Waals surface area contributed by atoms with Gasteiger partial charge in [0.05, 0.1) is 10.0 Å². The van der Waals surface area contributed by atoms with Crippen molar-refractivity contribution in [3.8, 4) is 0 Å². The van der Waals surface area contributed by atoms with Crippen molar-refractivity contribution in [2.24, 2.45) is 0 Å². The minimum absolute atomic E-state index is 0.260. The highest BCUT2D eigenvalue weighted by Gasteiger charge is 2.19. The zero-order valence-corrected chi connectivity index (χ0v) is 14.5. The van der Waals surface area contributed by atoms with Crippen LogP contribution in [0.1, 0.15) is 15.2 Å². The Bertz CT molecular complexity index is 888. The number of hydrogen-bond acceptors (Lipinski definition) is 2. The number of anilines is 1. The summed E-state index contributed by atoms with van der Waals surface area (Å²) >= 11 is 19.8. The van der Waals surface area contributed by atoms with Gasteiger partial charge >= 0.3 is 0 Å².